The van der Waals surface area contributed by atoms with E-state index in [9.17, 15) is 34.8 Å². The summed E-state index contributed by atoms with van der Waals surface area (Å²) in [6, 6.07) is 1.33. The number of amides is 2. The van der Waals surface area contributed by atoms with Crippen LogP contribution >= 0.6 is 43.2 Å². The lowest BCUT2D eigenvalue weighted by Crippen LogP contribution is -2.65. The summed E-state index contributed by atoms with van der Waals surface area (Å²) in [7, 11) is 10.8. The second kappa shape index (κ2) is 33.1. The molecule has 19 atom stereocenters. The van der Waals surface area contributed by atoms with Crippen LogP contribution in [0.15, 0.2) is 59.5 Å². The van der Waals surface area contributed by atoms with Crippen molar-refractivity contribution in [2.75, 3.05) is 72.3 Å². The Bertz CT molecular complexity index is 2850. The van der Waals surface area contributed by atoms with Gasteiger partial charge in [0.1, 0.15) is 30.5 Å². The van der Waals surface area contributed by atoms with Gasteiger partial charge in [0.25, 0.3) is 5.91 Å². The third-order valence-electron chi connectivity index (χ3n) is 15.2. The van der Waals surface area contributed by atoms with Gasteiger partial charge in [-0.15, -0.1) is 0 Å². The Morgan fingerprint density at radius 3 is 2.24 bits per heavy atom. The lowest BCUT2D eigenvalue weighted by Gasteiger charge is -2.47. The number of ketones is 1. The predicted octanol–water partition coefficient (Wildman–Crippen LogP) is 3.03. The molecule has 0 spiro atoms. The zero-order valence-corrected chi connectivity index (χ0v) is 53.8. The highest BCUT2D eigenvalue weighted by atomic mass is 33.5. The van der Waals surface area contributed by atoms with Crippen LogP contribution in [0.1, 0.15) is 57.3 Å². The number of thioether (sulfide) groups is 1. The number of hydrogen-bond donors (Lipinski definition) is 8. The van der Waals surface area contributed by atoms with E-state index >= 15 is 4.79 Å². The fourth-order valence-electron chi connectivity index (χ4n) is 10.7. The molecule has 1 aromatic rings. The highest BCUT2D eigenvalue weighted by Crippen LogP contribution is 2.44. The van der Waals surface area contributed by atoms with Crippen molar-refractivity contribution >= 4 is 72.6 Å². The molecule has 0 radical (unpaired) electrons. The minimum Gasteiger partial charge on any atom is -0.493 e. The number of esters is 1. The minimum atomic E-state index is -2.66. The average molecular weight is 1310 g/mol. The Morgan fingerprint density at radius 1 is 0.852 bits per heavy atom. The van der Waals surface area contributed by atoms with Gasteiger partial charge >= 0.3 is 12.1 Å². The monoisotopic (exact) mass is 1310 g/mol. The average Bonchev–Trinajstić information content (AvgIpc) is 1.02. The van der Waals surface area contributed by atoms with E-state index in [-0.39, 0.29) is 82.3 Å². The molecule has 4 aliphatic heterocycles. The van der Waals surface area contributed by atoms with E-state index in [4.69, 9.17) is 66.4 Å². The SMILES string of the molecule is C=C(OC)C(=O)Nc1cc(OC)c(OC)cc1C(=O)OC1CC(OC2C(=O)C(NC(=O)OC)=C3C(=CCSSSC)C2(O)C#C/C=C\C#CC3OC2OC(C)C(NOC3CC(O)C(SC)C(C)O3)C(O)C2OC2CC(OC)C(NCC)CO2)OC(C)C1O. The fraction of sp³-hybridized carbons (Fsp3) is 0.621. The first-order chi connectivity index (χ1) is 42.2. The summed E-state index contributed by atoms with van der Waals surface area (Å²) in [6.45, 7) is 11.2. The Hall–Kier alpha value is -4.62. The van der Waals surface area contributed by atoms with Crippen LogP contribution in [0.5, 0.6) is 11.5 Å². The Balaban J connectivity index is 1.27. The van der Waals surface area contributed by atoms with Crippen LogP contribution in [0.4, 0.5) is 10.5 Å². The molecule has 6 aliphatic rings. The van der Waals surface area contributed by atoms with Gasteiger partial charge in [-0.2, -0.15) is 17.2 Å². The van der Waals surface area contributed by atoms with Crippen molar-refractivity contribution in [1.82, 2.24) is 16.1 Å². The number of methoxy groups -OCH3 is 5. The van der Waals surface area contributed by atoms with Gasteiger partial charge in [0.05, 0.1) is 99.8 Å². The number of alkyl carbamates (subject to hydrolysis) is 1. The number of carbonyl (C=O) groups is 4. The van der Waals surface area contributed by atoms with Crippen molar-refractivity contribution in [3.05, 3.63) is 65.1 Å². The molecule has 1 aromatic carbocycles. The molecule has 8 N–H and O–H groups in total. The third-order valence-corrected chi connectivity index (χ3v) is 20.1. The summed E-state index contributed by atoms with van der Waals surface area (Å²) in [5, 5.41) is 56.7. The van der Waals surface area contributed by atoms with Crippen molar-refractivity contribution in [2.45, 2.75) is 162 Å². The number of Topliss-reactive ketones (excluding diaryl/α,β-unsaturated/α-hetero) is 1. The standard InChI is InChI=1S/C58H78N4O22S4/c1-13-59-35-27-76-42(25-38(35)72-7)82-51-49(65)46(62-84-44-24-36(63)52(85-11)30(4)78-44)28(2)79-56(51)81-37-18-16-14-15-17-20-58(70)33(19-21-87-88-86-12)45(37)47(61-57(69)75-10)50(66)53(58)83-43-26-41(48(64)29(3)77-43)80-55(68)32-22-39(73-8)40(74-9)23-34(32)60-54(67)31(5)71-6/h14-15,19,22-23,28-30,35-38,41-44,46,48-49,51-53,56,59,62-65,70H,5,13,21,24-27H2,1-4,6-12H3,(H,60,67)(H,61,69)/b15-14-,33-19?. The molecule has 4 heterocycles. The molecule has 7 rings (SSSR count). The number of benzene rings is 1. The van der Waals surface area contributed by atoms with E-state index in [1.165, 1.54) is 95.7 Å². The van der Waals surface area contributed by atoms with Crippen LogP contribution in [0.3, 0.4) is 0 Å². The van der Waals surface area contributed by atoms with Gasteiger partial charge in [-0.25, -0.2) is 9.59 Å². The fourth-order valence-corrected chi connectivity index (χ4v) is 13.9. The quantitative estimate of drug-likeness (QED) is 0.0133. The van der Waals surface area contributed by atoms with Gasteiger partial charge in [0.15, 0.2) is 54.1 Å². The van der Waals surface area contributed by atoms with Crippen LogP contribution in [0.25, 0.3) is 0 Å². The zero-order valence-electron chi connectivity index (χ0n) is 50.5. The number of aliphatic hydroxyl groups excluding tert-OH is 3. The van der Waals surface area contributed by atoms with E-state index in [0.29, 0.717) is 6.54 Å². The van der Waals surface area contributed by atoms with E-state index in [0.717, 1.165) is 7.11 Å². The summed E-state index contributed by atoms with van der Waals surface area (Å²) in [5.41, 5.74) is -0.949. The summed E-state index contributed by atoms with van der Waals surface area (Å²) >= 11 is 1.47. The molecule has 4 fully saturated rings. The molecule has 26 nitrogen and oxygen atoms in total. The number of rotatable bonds is 25. The van der Waals surface area contributed by atoms with Crippen molar-refractivity contribution in [1.29, 1.82) is 0 Å². The Morgan fingerprint density at radius 2 is 1.57 bits per heavy atom. The maximum atomic E-state index is 15.6. The highest BCUT2D eigenvalue weighted by molar-refractivity contribution is 9.09. The van der Waals surface area contributed by atoms with Crippen molar-refractivity contribution in [3.63, 3.8) is 0 Å². The summed E-state index contributed by atoms with van der Waals surface area (Å²) in [4.78, 5) is 62.4. The number of ether oxygens (including phenoxy) is 13. The molecule has 486 valence electrons. The Kier molecular flexibility index (Phi) is 26.6. The summed E-state index contributed by atoms with van der Waals surface area (Å²) in [6.07, 6.45) is -11.7. The smallest absolute Gasteiger partial charge is 0.411 e. The van der Waals surface area contributed by atoms with Crippen molar-refractivity contribution < 1.29 is 106 Å². The second-order valence-electron chi connectivity index (χ2n) is 20.6. The number of aliphatic hydroxyl groups is 4. The molecular weight excluding hydrogens is 1230 g/mol. The maximum absolute atomic E-state index is 15.6. The molecule has 4 saturated heterocycles. The summed E-state index contributed by atoms with van der Waals surface area (Å²) in [5.74, 6) is 8.59. The molecule has 0 saturated carbocycles. The number of likely N-dealkylation sites (N-methyl/N-ethyl adjacent to an activating group) is 1. The van der Waals surface area contributed by atoms with E-state index in [1.54, 1.807) is 20.1 Å². The zero-order chi connectivity index (χ0) is 64.0. The first-order valence-electron chi connectivity index (χ1n) is 28.1. The second-order valence-corrected chi connectivity index (χ2v) is 26.0. The predicted molar refractivity (Wildman–Crippen MR) is 325 cm³/mol. The minimum absolute atomic E-state index is 0.0845. The van der Waals surface area contributed by atoms with Gasteiger partial charge in [-0.05, 0) is 61.8 Å². The number of allylic oxidation sites excluding steroid dienone is 2. The molecule has 88 heavy (non-hydrogen) atoms. The van der Waals surface area contributed by atoms with Gasteiger partial charge in [-0.1, -0.05) is 64.8 Å². The third kappa shape index (κ3) is 16.9. The molecule has 0 aromatic heterocycles. The van der Waals surface area contributed by atoms with Crippen molar-refractivity contribution in [2.24, 2.45) is 0 Å². The number of fused-ring (bicyclic) bond motifs is 2. The normalized spacial score (nSPS) is 34.6. The first kappa shape index (κ1) is 70.8. The molecule has 2 bridgehead atoms. The first-order valence-corrected chi connectivity index (χ1v) is 33.4. The van der Waals surface area contributed by atoms with Crippen LogP contribution in [-0.4, -0.2) is 226 Å². The highest BCUT2D eigenvalue weighted by Gasteiger charge is 2.57. The number of anilines is 1. The number of carbonyl (C=O) groups excluding carboxylic acids is 4. The van der Waals surface area contributed by atoms with Crippen molar-refractivity contribution in [3.8, 4) is 35.2 Å². The lowest BCUT2D eigenvalue weighted by atomic mass is 9.73. The van der Waals surface area contributed by atoms with Crippen LogP contribution in [0.2, 0.25) is 0 Å². The largest absolute Gasteiger partial charge is 0.493 e. The Labute approximate surface area is 526 Å². The van der Waals surface area contributed by atoms with Gasteiger partial charge < -0.3 is 92.6 Å². The molecule has 2 amide bonds. The van der Waals surface area contributed by atoms with Gasteiger partial charge in [0, 0.05) is 55.4 Å². The van der Waals surface area contributed by atoms with Gasteiger partial charge in [0.2, 0.25) is 5.78 Å². The number of nitrogens with one attached hydrogen (secondary N) is 4. The number of hydrogen-bond acceptors (Lipinski definition) is 28. The number of hydroxylamine groups is 1. The lowest BCUT2D eigenvalue weighted by molar-refractivity contribution is -0.336. The van der Waals surface area contributed by atoms with E-state index in [2.05, 4.69) is 51.7 Å². The topological polar surface area (TPSA) is 327 Å². The van der Waals surface area contributed by atoms with Crippen LogP contribution in [0, 0.1) is 23.7 Å². The maximum Gasteiger partial charge on any atom is 0.411 e. The molecule has 19 unspecified atom stereocenters. The van der Waals surface area contributed by atoms with E-state index < -0.39 is 134 Å². The van der Waals surface area contributed by atoms with Gasteiger partial charge in [-0.3, -0.25) is 19.7 Å². The van der Waals surface area contributed by atoms with E-state index in [1.807, 2.05) is 26.4 Å². The molecule has 30 heteroatoms. The van der Waals surface area contributed by atoms with Crippen LogP contribution < -0.4 is 30.9 Å². The van der Waals surface area contributed by atoms with Crippen LogP contribution in [-0.2, 0) is 66.5 Å². The summed E-state index contributed by atoms with van der Waals surface area (Å²) < 4.78 is 77.7. The molecule has 2 aliphatic carbocycles. The molecular formula is C58H78N4O22S4.